The molecule has 2 saturated heterocycles. The Morgan fingerprint density at radius 3 is 2.71 bits per heavy atom. The number of anilines is 2. The van der Waals surface area contributed by atoms with Crippen molar-refractivity contribution in [2.75, 3.05) is 31.6 Å². The fraction of sp³-hybridized carbons (Fsp3) is 0.435. The molecule has 2 aliphatic rings. The molecular weight excluding hydrogens is 456 g/mol. The van der Waals surface area contributed by atoms with Gasteiger partial charge in [-0.1, -0.05) is 6.92 Å². The first-order valence-electron chi connectivity index (χ1n) is 11.3. The summed E-state index contributed by atoms with van der Waals surface area (Å²) in [6.07, 6.45) is 3.27. The van der Waals surface area contributed by atoms with Crippen LogP contribution in [0.1, 0.15) is 26.2 Å². The highest BCUT2D eigenvalue weighted by atomic mass is 32.2. The van der Waals surface area contributed by atoms with E-state index in [1.165, 1.54) is 4.31 Å². The molecule has 4 heterocycles. The van der Waals surface area contributed by atoms with Crippen molar-refractivity contribution in [3.05, 3.63) is 46.9 Å². The SMILES string of the molecule is CC1CN(S(=O)(=O)c2ccc(Nc3nn([C@]4(CC#N)CCCOC4)c4cc[nH]c(=O)c34)cc2)C1. The number of benzene rings is 1. The fourth-order valence-electron chi connectivity index (χ4n) is 4.73. The van der Waals surface area contributed by atoms with Crippen LogP contribution in [-0.4, -0.2) is 53.8 Å². The molecule has 0 aliphatic carbocycles. The van der Waals surface area contributed by atoms with Gasteiger partial charge in [0.15, 0.2) is 5.82 Å². The van der Waals surface area contributed by atoms with Crippen molar-refractivity contribution in [3.63, 3.8) is 0 Å². The van der Waals surface area contributed by atoms with E-state index in [1.807, 2.05) is 6.92 Å². The standard InChI is InChI=1S/C23H26N6O4S/c1-16-13-28(14-16)34(31,32)18-5-3-17(4-6-18)26-21-20-19(7-11-25-22(20)30)29(27-21)23(9-10-24)8-2-12-33-15-23/h3-7,11,16H,2,8-9,12-15H2,1H3,(H,25,30)(H,26,27)/t23-/m0/s1. The van der Waals surface area contributed by atoms with Crippen molar-refractivity contribution in [1.29, 1.82) is 5.26 Å². The van der Waals surface area contributed by atoms with Crippen LogP contribution in [0, 0.1) is 17.2 Å². The third kappa shape index (κ3) is 3.77. The molecule has 0 amide bonds. The lowest BCUT2D eigenvalue weighted by atomic mass is 9.89. The van der Waals surface area contributed by atoms with Gasteiger partial charge in [-0.3, -0.25) is 9.48 Å². The topological polar surface area (TPSA) is 133 Å². The Balaban J connectivity index is 1.50. The number of sulfonamides is 1. The Morgan fingerprint density at radius 2 is 2.06 bits per heavy atom. The van der Waals surface area contributed by atoms with Crippen molar-refractivity contribution < 1.29 is 13.2 Å². The molecule has 2 N–H and O–H groups in total. The third-order valence-corrected chi connectivity index (χ3v) is 8.39. The second kappa shape index (κ2) is 8.54. The zero-order valence-electron chi connectivity index (χ0n) is 18.8. The highest BCUT2D eigenvalue weighted by Crippen LogP contribution is 2.35. The first-order valence-corrected chi connectivity index (χ1v) is 12.7. The molecule has 0 unspecified atom stereocenters. The molecule has 5 rings (SSSR count). The molecule has 1 atom stereocenters. The molecule has 3 aromatic rings. The summed E-state index contributed by atoms with van der Waals surface area (Å²) in [6.45, 7) is 4.05. The van der Waals surface area contributed by atoms with E-state index < -0.39 is 15.6 Å². The molecule has 34 heavy (non-hydrogen) atoms. The number of nitrogens with one attached hydrogen (secondary N) is 2. The number of aromatic nitrogens is 3. The summed E-state index contributed by atoms with van der Waals surface area (Å²) in [6, 6.07) is 10.4. The maximum absolute atomic E-state index is 12.7. The van der Waals surface area contributed by atoms with Gasteiger partial charge in [0.05, 0.1) is 35.0 Å². The van der Waals surface area contributed by atoms with E-state index in [4.69, 9.17) is 9.84 Å². The van der Waals surface area contributed by atoms with Gasteiger partial charge in [-0.25, -0.2) is 8.42 Å². The van der Waals surface area contributed by atoms with Crippen LogP contribution in [0.3, 0.4) is 0 Å². The van der Waals surface area contributed by atoms with Crippen molar-refractivity contribution in [3.8, 4) is 6.07 Å². The van der Waals surface area contributed by atoms with Crippen molar-refractivity contribution in [2.24, 2.45) is 5.92 Å². The fourth-order valence-corrected chi connectivity index (χ4v) is 6.41. The number of H-pyrrole nitrogens is 1. The maximum atomic E-state index is 12.7. The molecular formula is C23H26N6O4S. The minimum Gasteiger partial charge on any atom is -0.379 e. The van der Waals surface area contributed by atoms with Crippen LogP contribution in [0.15, 0.2) is 46.2 Å². The second-order valence-electron chi connectivity index (χ2n) is 9.12. The number of aromatic amines is 1. The minimum atomic E-state index is -3.50. The number of hydrogen-bond acceptors (Lipinski definition) is 7. The van der Waals surface area contributed by atoms with Crippen molar-refractivity contribution >= 4 is 32.4 Å². The van der Waals surface area contributed by atoms with Gasteiger partial charge in [0.2, 0.25) is 10.0 Å². The Morgan fingerprint density at radius 1 is 1.29 bits per heavy atom. The second-order valence-corrected chi connectivity index (χ2v) is 11.1. The predicted octanol–water partition coefficient (Wildman–Crippen LogP) is 2.53. The normalized spacial score (nSPS) is 21.8. The predicted molar refractivity (Wildman–Crippen MR) is 126 cm³/mol. The van der Waals surface area contributed by atoms with E-state index >= 15 is 0 Å². The summed E-state index contributed by atoms with van der Waals surface area (Å²) in [4.78, 5) is 15.7. The Kier molecular flexibility index (Phi) is 5.67. The maximum Gasteiger partial charge on any atom is 0.261 e. The van der Waals surface area contributed by atoms with Gasteiger partial charge in [0.25, 0.3) is 5.56 Å². The molecule has 178 valence electrons. The van der Waals surface area contributed by atoms with Gasteiger partial charge >= 0.3 is 0 Å². The van der Waals surface area contributed by atoms with E-state index in [9.17, 15) is 18.5 Å². The van der Waals surface area contributed by atoms with Crippen LogP contribution < -0.4 is 10.9 Å². The lowest BCUT2D eigenvalue weighted by molar-refractivity contribution is -0.00174. The molecule has 2 fully saturated rings. The lowest BCUT2D eigenvalue weighted by Crippen LogP contribution is -2.48. The number of nitriles is 1. The summed E-state index contributed by atoms with van der Waals surface area (Å²) in [5.41, 5.74) is 0.241. The molecule has 2 aromatic heterocycles. The van der Waals surface area contributed by atoms with Gasteiger partial charge in [0, 0.05) is 31.6 Å². The summed E-state index contributed by atoms with van der Waals surface area (Å²) in [5, 5.41) is 17.8. The highest BCUT2D eigenvalue weighted by molar-refractivity contribution is 7.89. The smallest absolute Gasteiger partial charge is 0.261 e. The van der Waals surface area contributed by atoms with Crippen molar-refractivity contribution in [2.45, 2.75) is 36.6 Å². The number of nitrogens with zero attached hydrogens (tertiary/aromatic N) is 4. The van der Waals surface area contributed by atoms with Gasteiger partial charge in [-0.15, -0.1) is 0 Å². The number of rotatable bonds is 6. The molecule has 0 radical (unpaired) electrons. The zero-order chi connectivity index (χ0) is 23.9. The quantitative estimate of drug-likeness (QED) is 0.551. The van der Waals surface area contributed by atoms with Crippen LogP contribution in [0.4, 0.5) is 11.5 Å². The largest absolute Gasteiger partial charge is 0.379 e. The monoisotopic (exact) mass is 482 g/mol. The van der Waals surface area contributed by atoms with Crippen molar-refractivity contribution in [1.82, 2.24) is 19.1 Å². The minimum absolute atomic E-state index is 0.206. The Bertz CT molecular complexity index is 1410. The molecule has 0 saturated carbocycles. The average molecular weight is 483 g/mol. The number of pyridine rings is 1. The highest BCUT2D eigenvalue weighted by Gasteiger charge is 2.38. The van der Waals surface area contributed by atoms with E-state index in [2.05, 4.69) is 16.4 Å². The first kappa shape index (κ1) is 22.6. The number of fused-ring (bicyclic) bond motifs is 1. The van der Waals surface area contributed by atoms with E-state index in [0.29, 0.717) is 61.1 Å². The summed E-state index contributed by atoms with van der Waals surface area (Å²) < 4.78 is 34.4. The number of ether oxygens (including phenoxy) is 1. The van der Waals surface area contributed by atoms with Crippen LogP contribution in [0.25, 0.3) is 10.9 Å². The van der Waals surface area contributed by atoms with Gasteiger partial charge < -0.3 is 15.0 Å². The summed E-state index contributed by atoms with van der Waals surface area (Å²) >= 11 is 0. The van der Waals surface area contributed by atoms with Crippen LogP contribution in [-0.2, 0) is 20.3 Å². The average Bonchev–Trinajstić information content (AvgIpc) is 3.18. The van der Waals surface area contributed by atoms with Gasteiger partial charge in [-0.2, -0.15) is 14.7 Å². The van der Waals surface area contributed by atoms with Gasteiger partial charge in [0.1, 0.15) is 5.39 Å². The van der Waals surface area contributed by atoms with E-state index in [-0.39, 0.29) is 16.9 Å². The van der Waals surface area contributed by atoms with E-state index in [0.717, 1.165) is 6.42 Å². The molecule has 2 aliphatic heterocycles. The Labute approximate surface area is 197 Å². The Hall–Kier alpha value is -3.20. The van der Waals surface area contributed by atoms with Crippen LogP contribution >= 0.6 is 0 Å². The molecule has 11 heteroatoms. The summed E-state index contributed by atoms with van der Waals surface area (Å²) in [5.74, 6) is 0.711. The van der Waals surface area contributed by atoms with Gasteiger partial charge in [-0.05, 0) is 49.1 Å². The first-order chi connectivity index (χ1) is 16.3. The lowest BCUT2D eigenvalue weighted by Gasteiger charge is -2.36. The number of hydrogen-bond donors (Lipinski definition) is 2. The third-order valence-electron chi connectivity index (χ3n) is 6.55. The van der Waals surface area contributed by atoms with Crippen LogP contribution in [0.5, 0.6) is 0 Å². The zero-order valence-corrected chi connectivity index (χ0v) is 19.6. The van der Waals surface area contributed by atoms with E-state index in [1.54, 1.807) is 41.2 Å². The molecule has 0 spiro atoms. The molecule has 1 aromatic carbocycles. The molecule has 0 bridgehead atoms. The summed E-state index contributed by atoms with van der Waals surface area (Å²) in [7, 11) is -3.50. The molecule has 10 nitrogen and oxygen atoms in total. The van der Waals surface area contributed by atoms with Crippen LogP contribution in [0.2, 0.25) is 0 Å².